The second-order valence-corrected chi connectivity index (χ2v) is 8.81. The van der Waals surface area contributed by atoms with E-state index in [0.29, 0.717) is 0 Å². The van der Waals surface area contributed by atoms with Crippen LogP contribution in [0, 0.1) is 5.82 Å². The molecule has 168 valence electrons. The fourth-order valence-electron chi connectivity index (χ4n) is 3.44. The lowest BCUT2D eigenvalue weighted by Gasteiger charge is -2.40. The van der Waals surface area contributed by atoms with Gasteiger partial charge < -0.3 is 10.5 Å². The summed E-state index contributed by atoms with van der Waals surface area (Å²) in [4.78, 5) is 26.1. The molecule has 0 aliphatic carbocycles. The second-order valence-electron chi connectivity index (χ2n) is 8.40. The van der Waals surface area contributed by atoms with Gasteiger partial charge in [-0.05, 0) is 39.0 Å². The van der Waals surface area contributed by atoms with Crippen LogP contribution in [0.4, 0.5) is 18.0 Å². The van der Waals surface area contributed by atoms with Gasteiger partial charge in [-0.2, -0.15) is 5.10 Å². The lowest BCUT2D eigenvalue weighted by Crippen LogP contribution is -2.56. The fourth-order valence-corrected chi connectivity index (χ4v) is 3.62. The summed E-state index contributed by atoms with van der Waals surface area (Å²) < 4.78 is 48.4. The third-order valence-electron chi connectivity index (χ3n) is 4.84. The van der Waals surface area contributed by atoms with Crippen LogP contribution in [0.1, 0.15) is 36.8 Å². The van der Waals surface area contributed by atoms with Gasteiger partial charge in [0.15, 0.2) is 0 Å². The van der Waals surface area contributed by atoms with Gasteiger partial charge in [0.25, 0.3) is 5.91 Å². The number of halogens is 4. The first-order chi connectivity index (χ1) is 14.4. The SMILES string of the molecule is CC(C)(C)OC(=O)N1Cc2c(C(N)=O)c(-c3ccc(F)c(Cl)c3)nn2C(CF)(CF)C1. The van der Waals surface area contributed by atoms with Gasteiger partial charge >= 0.3 is 6.09 Å². The minimum atomic E-state index is -1.88. The van der Waals surface area contributed by atoms with E-state index in [1.807, 2.05) is 0 Å². The molecule has 1 aliphatic heterocycles. The maximum atomic E-state index is 14.2. The molecule has 0 atom stereocenters. The predicted molar refractivity (Wildman–Crippen MR) is 108 cm³/mol. The second kappa shape index (κ2) is 8.07. The Morgan fingerprint density at radius 2 is 1.94 bits per heavy atom. The first kappa shape index (κ1) is 22.9. The van der Waals surface area contributed by atoms with Gasteiger partial charge in [-0.25, -0.2) is 18.0 Å². The maximum Gasteiger partial charge on any atom is 0.410 e. The van der Waals surface area contributed by atoms with Crippen LogP contribution in [0.2, 0.25) is 5.02 Å². The molecule has 31 heavy (non-hydrogen) atoms. The average Bonchev–Trinajstić information content (AvgIpc) is 3.08. The van der Waals surface area contributed by atoms with Gasteiger partial charge in [0.2, 0.25) is 0 Å². The molecule has 3 rings (SSSR count). The summed E-state index contributed by atoms with van der Waals surface area (Å²) in [5.74, 6) is -1.61. The molecule has 0 radical (unpaired) electrons. The third kappa shape index (κ3) is 4.21. The highest BCUT2D eigenvalue weighted by molar-refractivity contribution is 6.31. The first-order valence-corrected chi connectivity index (χ1v) is 9.77. The van der Waals surface area contributed by atoms with E-state index in [1.54, 1.807) is 20.8 Å². The van der Waals surface area contributed by atoms with E-state index >= 15 is 0 Å². The molecule has 0 saturated carbocycles. The summed E-state index contributed by atoms with van der Waals surface area (Å²) in [7, 11) is 0. The van der Waals surface area contributed by atoms with Crippen molar-refractivity contribution >= 4 is 23.6 Å². The Bertz CT molecular complexity index is 1030. The summed E-state index contributed by atoms with van der Waals surface area (Å²) in [6.07, 6.45) is -0.798. The number of ether oxygens (including phenoxy) is 1. The Morgan fingerprint density at radius 3 is 2.45 bits per heavy atom. The van der Waals surface area contributed by atoms with Crippen molar-refractivity contribution in [2.75, 3.05) is 19.9 Å². The molecule has 2 amide bonds. The number of amides is 2. The Labute approximate surface area is 181 Å². The summed E-state index contributed by atoms with van der Waals surface area (Å²) >= 11 is 5.84. The molecule has 0 bridgehead atoms. The highest BCUT2D eigenvalue weighted by Crippen LogP contribution is 2.36. The highest BCUT2D eigenvalue weighted by atomic mass is 35.5. The molecule has 7 nitrogen and oxygen atoms in total. The molecule has 11 heteroatoms. The van der Waals surface area contributed by atoms with Crippen molar-refractivity contribution in [1.82, 2.24) is 14.7 Å². The minimum Gasteiger partial charge on any atom is -0.444 e. The molecular weight excluding hydrogens is 437 g/mol. The van der Waals surface area contributed by atoms with E-state index in [-0.39, 0.29) is 40.6 Å². The molecule has 1 aliphatic rings. The number of aromatic nitrogens is 2. The van der Waals surface area contributed by atoms with Crippen LogP contribution in [0.15, 0.2) is 18.2 Å². The monoisotopic (exact) mass is 458 g/mol. The molecule has 2 heterocycles. The zero-order valence-electron chi connectivity index (χ0n) is 17.2. The predicted octanol–water partition coefficient (Wildman–Crippen LogP) is 3.83. The number of primary amides is 1. The van der Waals surface area contributed by atoms with Gasteiger partial charge in [0.1, 0.15) is 36.0 Å². The topological polar surface area (TPSA) is 90.4 Å². The zero-order valence-corrected chi connectivity index (χ0v) is 18.0. The first-order valence-electron chi connectivity index (χ1n) is 9.40. The number of nitrogens with two attached hydrogens (primary N) is 1. The lowest BCUT2D eigenvalue weighted by atomic mass is 9.97. The van der Waals surface area contributed by atoms with E-state index in [9.17, 15) is 22.8 Å². The number of carbonyl (C=O) groups is 2. The number of carbonyl (C=O) groups excluding carboxylic acids is 2. The van der Waals surface area contributed by atoms with Crippen molar-refractivity contribution in [3.05, 3.63) is 40.3 Å². The van der Waals surface area contributed by atoms with Crippen molar-refractivity contribution < 1.29 is 27.5 Å². The van der Waals surface area contributed by atoms with Crippen LogP contribution in [0.5, 0.6) is 0 Å². The van der Waals surface area contributed by atoms with E-state index in [0.717, 1.165) is 15.6 Å². The molecule has 2 aromatic rings. The quantitative estimate of drug-likeness (QED) is 0.754. The molecule has 0 saturated heterocycles. The smallest absolute Gasteiger partial charge is 0.410 e. The van der Waals surface area contributed by atoms with Crippen LogP contribution < -0.4 is 5.73 Å². The fraction of sp³-hybridized carbons (Fsp3) is 0.450. The van der Waals surface area contributed by atoms with Crippen molar-refractivity contribution in [1.29, 1.82) is 0 Å². The van der Waals surface area contributed by atoms with Crippen LogP contribution in [-0.2, 0) is 16.8 Å². The summed E-state index contributed by atoms with van der Waals surface area (Å²) in [5, 5.41) is 4.03. The van der Waals surface area contributed by atoms with Crippen LogP contribution in [0.25, 0.3) is 11.3 Å². The lowest BCUT2D eigenvalue weighted by molar-refractivity contribution is -0.00377. The summed E-state index contributed by atoms with van der Waals surface area (Å²) in [5.41, 5.74) is 2.98. The zero-order chi connectivity index (χ0) is 23.1. The molecule has 2 N–H and O–H groups in total. The normalized spacial score (nSPS) is 15.5. The van der Waals surface area contributed by atoms with Gasteiger partial charge in [-0.15, -0.1) is 0 Å². The number of nitrogens with zero attached hydrogens (tertiary/aromatic N) is 3. The molecular formula is C20H22ClF3N4O3. The molecule has 0 fully saturated rings. The summed E-state index contributed by atoms with van der Waals surface area (Å²) in [6.45, 7) is 1.96. The van der Waals surface area contributed by atoms with E-state index in [4.69, 9.17) is 22.1 Å². The number of alkyl halides is 2. The third-order valence-corrected chi connectivity index (χ3v) is 5.13. The van der Waals surface area contributed by atoms with Crippen molar-refractivity contribution in [3.8, 4) is 11.3 Å². The van der Waals surface area contributed by atoms with Crippen LogP contribution >= 0.6 is 11.6 Å². The largest absolute Gasteiger partial charge is 0.444 e. The standard InChI is InChI=1S/C20H22ClF3N4O3/c1-19(2,3)31-18(30)27-7-14-15(17(25)29)16(11-4-5-13(24)12(21)6-11)26-28(14)20(8-22,9-23)10-27/h4-6H,7-10H2,1-3H3,(H2,25,29). The van der Waals surface area contributed by atoms with Crippen molar-refractivity contribution in [2.45, 2.75) is 38.5 Å². The van der Waals surface area contributed by atoms with Gasteiger partial charge in [0, 0.05) is 5.56 Å². The summed E-state index contributed by atoms with van der Waals surface area (Å²) in [6, 6.07) is 3.63. The molecule has 1 aromatic heterocycles. The van der Waals surface area contributed by atoms with Gasteiger partial charge in [0.05, 0.1) is 29.4 Å². The molecule has 0 spiro atoms. The average molecular weight is 459 g/mol. The Hall–Kier alpha value is -2.75. The number of benzene rings is 1. The Kier molecular flexibility index (Phi) is 5.96. The number of hydrogen-bond donors (Lipinski definition) is 1. The van der Waals surface area contributed by atoms with Crippen molar-refractivity contribution in [3.63, 3.8) is 0 Å². The molecule has 1 aromatic carbocycles. The number of hydrogen-bond acceptors (Lipinski definition) is 4. The van der Waals surface area contributed by atoms with Crippen LogP contribution in [0.3, 0.4) is 0 Å². The minimum absolute atomic E-state index is 0.0123. The Morgan fingerprint density at radius 1 is 1.29 bits per heavy atom. The van der Waals surface area contributed by atoms with E-state index in [1.165, 1.54) is 12.1 Å². The maximum absolute atomic E-state index is 14.2. The van der Waals surface area contributed by atoms with E-state index in [2.05, 4.69) is 5.10 Å². The number of rotatable bonds is 4. The number of fused-ring (bicyclic) bond motifs is 1. The van der Waals surface area contributed by atoms with Crippen molar-refractivity contribution in [2.24, 2.45) is 5.73 Å². The van der Waals surface area contributed by atoms with E-state index < -0.39 is 42.3 Å². The van der Waals surface area contributed by atoms with Crippen LogP contribution in [-0.4, -0.2) is 52.2 Å². The molecule has 0 unspecified atom stereocenters. The van der Waals surface area contributed by atoms with Gasteiger partial charge in [-0.3, -0.25) is 14.4 Å². The Balaban J connectivity index is 2.19. The highest BCUT2D eigenvalue weighted by Gasteiger charge is 2.46. The van der Waals surface area contributed by atoms with Gasteiger partial charge in [-0.1, -0.05) is 11.6 Å².